The molecule has 4 rings (SSSR count). The van der Waals surface area contributed by atoms with Gasteiger partial charge in [-0.25, -0.2) is 9.18 Å². The molecule has 6 heteroatoms. The molecule has 0 unspecified atom stereocenters. The van der Waals surface area contributed by atoms with Crippen LogP contribution in [0.15, 0.2) is 66.9 Å². The van der Waals surface area contributed by atoms with E-state index in [1.54, 1.807) is 23.1 Å². The Bertz CT molecular complexity index is 1290. The zero-order chi connectivity index (χ0) is 23.5. The van der Waals surface area contributed by atoms with Gasteiger partial charge in [0.1, 0.15) is 11.6 Å². The lowest BCUT2D eigenvalue weighted by Gasteiger charge is -2.20. The molecule has 0 radical (unpaired) electrons. The number of hydrogen-bond donors (Lipinski definition) is 0. The number of amides is 1. The molecule has 0 bridgehead atoms. The van der Waals surface area contributed by atoms with Crippen molar-refractivity contribution >= 4 is 28.6 Å². The van der Waals surface area contributed by atoms with E-state index in [1.807, 2.05) is 32.2 Å². The monoisotopic (exact) mass is 464 g/mol. The van der Waals surface area contributed by atoms with Crippen molar-refractivity contribution in [2.45, 2.75) is 27.3 Å². The highest BCUT2D eigenvalue weighted by Crippen LogP contribution is 2.39. The first-order valence-electron chi connectivity index (χ1n) is 11.0. The molecule has 170 valence electrons. The average Bonchev–Trinajstić information content (AvgIpc) is 3.20. The SMILES string of the molecule is CCN(CC)C(=O)Oc1ccc2c(ccn2Cc2ccc(C)cc2)c1-c1ccc(F)c(Cl)c1. The molecule has 4 nitrogen and oxygen atoms in total. The highest BCUT2D eigenvalue weighted by Gasteiger charge is 2.19. The van der Waals surface area contributed by atoms with Crippen LogP contribution in [-0.4, -0.2) is 28.6 Å². The fraction of sp³-hybridized carbons (Fsp3) is 0.222. The van der Waals surface area contributed by atoms with Crippen LogP contribution in [0.4, 0.5) is 9.18 Å². The molecule has 1 aromatic heterocycles. The lowest BCUT2D eigenvalue weighted by molar-refractivity contribution is 0.157. The maximum Gasteiger partial charge on any atom is 0.415 e. The number of hydrogen-bond acceptors (Lipinski definition) is 2. The van der Waals surface area contributed by atoms with Gasteiger partial charge in [-0.2, -0.15) is 0 Å². The highest BCUT2D eigenvalue weighted by molar-refractivity contribution is 6.31. The summed E-state index contributed by atoms with van der Waals surface area (Å²) in [6.45, 7) is 7.66. The maximum atomic E-state index is 13.9. The number of fused-ring (bicyclic) bond motifs is 1. The molecule has 4 aromatic rings. The van der Waals surface area contributed by atoms with Gasteiger partial charge >= 0.3 is 6.09 Å². The Morgan fingerprint density at radius 2 is 1.76 bits per heavy atom. The third kappa shape index (κ3) is 4.74. The molecule has 0 atom stereocenters. The lowest BCUT2D eigenvalue weighted by atomic mass is 10.0. The number of carbonyl (C=O) groups excluding carboxylic acids is 1. The Balaban J connectivity index is 1.82. The number of halogens is 2. The van der Waals surface area contributed by atoms with E-state index in [0.29, 0.717) is 36.5 Å². The zero-order valence-corrected chi connectivity index (χ0v) is 19.7. The molecule has 1 heterocycles. The fourth-order valence-electron chi connectivity index (χ4n) is 3.96. The molecule has 3 aromatic carbocycles. The van der Waals surface area contributed by atoms with Crippen molar-refractivity contribution in [2.24, 2.45) is 0 Å². The van der Waals surface area contributed by atoms with Crippen molar-refractivity contribution in [1.29, 1.82) is 0 Å². The van der Waals surface area contributed by atoms with Gasteiger partial charge in [0.25, 0.3) is 0 Å². The molecule has 0 fully saturated rings. The van der Waals surface area contributed by atoms with Crippen molar-refractivity contribution in [2.75, 3.05) is 13.1 Å². The third-order valence-electron chi connectivity index (χ3n) is 5.82. The summed E-state index contributed by atoms with van der Waals surface area (Å²) in [7, 11) is 0. The van der Waals surface area contributed by atoms with E-state index in [9.17, 15) is 9.18 Å². The smallest absolute Gasteiger partial charge is 0.410 e. The van der Waals surface area contributed by atoms with Crippen LogP contribution in [0.25, 0.3) is 22.0 Å². The quantitative estimate of drug-likeness (QED) is 0.300. The summed E-state index contributed by atoms with van der Waals surface area (Å²) in [6.07, 6.45) is 1.59. The zero-order valence-electron chi connectivity index (χ0n) is 18.9. The van der Waals surface area contributed by atoms with Gasteiger partial charge in [0.2, 0.25) is 0 Å². The molecule has 0 N–H and O–H groups in total. The van der Waals surface area contributed by atoms with E-state index in [2.05, 4.69) is 35.8 Å². The van der Waals surface area contributed by atoms with Crippen LogP contribution in [-0.2, 0) is 6.54 Å². The summed E-state index contributed by atoms with van der Waals surface area (Å²) in [5.41, 5.74) is 4.77. The van der Waals surface area contributed by atoms with Crippen LogP contribution in [0.1, 0.15) is 25.0 Å². The molecule has 0 saturated heterocycles. The van der Waals surface area contributed by atoms with Gasteiger partial charge in [0.05, 0.1) is 5.02 Å². The van der Waals surface area contributed by atoms with Crippen molar-refractivity contribution in [1.82, 2.24) is 9.47 Å². The van der Waals surface area contributed by atoms with E-state index in [0.717, 1.165) is 10.9 Å². The number of nitrogens with zero attached hydrogens (tertiary/aromatic N) is 2. The lowest BCUT2D eigenvalue weighted by Crippen LogP contribution is -2.33. The van der Waals surface area contributed by atoms with E-state index in [1.165, 1.54) is 17.2 Å². The Morgan fingerprint density at radius 3 is 2.42 bits per heavy atom. The Kier molecular flexibility index (Phi) is 6.70. The van der Waals surface area contributed by atoms with Gasteiger partial charge in [-0.1, -0.05) is 47.5 Å². The normalized spacial score (nSPS) is 11.1. The minimum absolute atomic E-state index is 0.0182. The second kappa shape index (κ2) is 9.67. The van der Waals surface area contributed by atoms with E-state index in [4.69, 9.17) is 16.3 Å². The number of aryl methyl sites for hydroxylation is 1. The fourth-order valence-corrected chi connectivity index (χ4v) is 4.14. The largest absolute Gasteiger partial charge is 0.415 e. The predicted molar refractivity (Wildman–Crippen MR) is 132 cm³/mol. The number of aromatic nitrogens is 1. The molecular weight excluding hydrogens is 439 g/mol. The Labute approximate surface area is 198 Å². The molecule has 0 aliphatic heterocycles. The number of ether oxygens (including phenoxy) is 1. The topological polar surface area (TPSA) is 34.5 Å². The van der Waals surface area contributed by atoms with Crippen molar-refractivity contribution < 1.29 is 13.9 Å². The van der Waals surface area contributed by atoms with E-state index >= 15 is 0 Å². The van der Waals surface area contributed by atoms with Crippen LogP contribution in [0.3, 0.4) is 0 Å². The highest BCUT2D eigenvalue weighted by atomic mass is 35.5. The first kappa shape index (κ1) is 22.9. The summed E-state index contributed by atoms with van der Waals surface area (Å²) in [5, 5.41) is 0.916. The van der Waals surface area contributed by atoms with Gasteiger partial charge < -0.3 is 14.2 Å². The third-order valence-corrected chi connectivity index (χ3v) is 6.11. The average molecular weight is 465 g/mol. The van der Waals surface area contributed by atoms with Crippen LogP contribution < -0.4 is 4.74 Å². The van der Waals surface area contributed by atoms with Crippen LogP contribution in [0.5, 0.6) is 5.75 Å². The van der Waals surface area contributed by atoms with Crippen molar-refractivity contribution in [3.63, 3.8) is 0 Å². The molecular formula is C27H26ClFN2O2. The van der Waals surface area contributed by atoms with Crippen LogP contribution >= 0.6 is 11.6 Å². The van der Waals surface area contributed by atoms with Gasteiger partial charge in [0.15, 0.2) is 0 Å². The minimum atomic E-state index is -0.494. The predicted octanol–water partition coefficient (Wildman–Crippen LogP) is 7.30. The Morgan fingerprint density at radius 1 is 1.03 bits per heavy atom. The molecule has 0 saturated carbocycles. The molecule has 0 aliphatic carbocycles. The van der Waals surface area contributed by atoms with Crippen LogP contribution in [0.2, 0.25) is 5.02 Å². The first-order valence-corrected chi connectivity index (χ1v) is 11.4. The molecule has 1 amide bonds. The molecule has 33 heavy (non-hydrogen) atoms. The Hall–Kier alpha value is -3.31. The second-order valence-electron chi connectivity index (χ2n) is 7.97. The number of rotatable bonds is 6. The van der Waals surface area contributed by atoms with E-state index in [-0.39, 0.29) is 5.02 Å². The van der Waals surface area contributed by atoms with Gasteiger partial charge in [-0.15, -0.1) is 0 Å². The van der Waals surface area contributed by atoms with Crippen molar-refractivity contribution in [3.05, 3.63) is 88.8 Å². The summed E-state index contributed by atoms with van der Waals surface area (Å²) in [6, 6.07) is 18.7. The van der Waals surface area contributed by atoms with E-state index < -0.39 is 11.9 Å². The van der Waals surface area contributed by atoms with Gasteiger partial charge in [-0.05, 0) is 62.2 Å². The van der Waals surface area contributed by atoms with Crippen LogP contribution in [0, 0.1) is 12.7 Å². The summed E-state index contributed by atoms with van der Waals surface area (Å²) < 4.78 is 21.8. The maximum absolute atomic E-state index is 13.9. The summed E-state index contributed by atoms with van der Waals surface area (Å²) >= 11 is 6.10. The second-order valence-corrected chi connectivity index (χ2v) is 8.38. The number of carbonyl (C=O) groups is 1. The molecule has 0 aliphatic rings. The number of benzene rings is 3. The van der Waals surface area contributed by atoms with Crippen molar-refractivity contribution in [3.8, 4) is 16.9 Å². The summed E-state index contributed by atoms with van der Waals surface area (Å²) in [5.74, 6) is -0.0821. The summed E-state index contributed by atoms with van der Waals surface area (Å²) in [4.78, 5) is 14.3. The molecule has 0 spiro atoms. The van der Waals surface area contributed by atoms with Gasteiger partial charge in [0, 0.05) is 42.3 Å². The minimum Gasteiger partial charge on any atom is -0.410 e. The first-order chi connectivity index (χ1) is 15.9. The van der Waals surface area contributed by atoms with Gasteiger partial charge in [-0.3, -0.25) is 0 Å². The standard InChI is InChI=1S/C27H26ClFN2O2/c1-4-30(5-2)27(32)33-25-13-12-24-21(26(25)20-10-11-23(29)22(28)16-20)14-15-31(24)17-19-8-6-18(3)7-9-19/h6-16H,4-5,17H2,1-3H3.